The SMILES string of the molecule is COC(=O)C(C#N)C(=S)S. The largest absolute Gasteiger partial charge is 0.468 e. The molecule has 10 heavy (non-hydrogen) atoms. The molecule has 0 aromatic rings. The van der Waals surface area contributed by atoms with E-state index in [1.165, 1.54) is 7.11 Å². The molecule has 1 atom stereocenters. The third kappa shape index (κ3) is 2.33. The molecule has 0 aromatic heterocycles. The van der Waals surface area contributed by atoms with E-state index < -0.39 is 11.9 Å². The molecule has 0 saturated carbocycles. The highest BCUT2D eigenvalue weighted by Gasteiger charge is 2.20. The van der Waals surface area contributed by atoms with Crippen molar-refractivity contribution in [3.05, 3.63) is 0 Å². The predicted octanol–water partition coefficient (Wildman–Crippen LogP) is 0.556. The Bertz CT molecular complexity index is 196. The Labute approximate surface area is 69.4 Å². The van der Waals surface area contributed by atoms with Crippen molar-refractivity contribution < 1.29 is 9.53 Å². The van der Waals surface area contributed by atoms with Crippen LogP contribution in [-0.2, 0) is 9.53 Å². The van der Waals surface area contributed by atoms with Gasteiger partial charge in [-0.25, -0.2) is 0 Å². The second kappa shape index (κ2) is 4.25. The molecule has 54 valence electrons. The van der Waals surface area contributed by atoms with Crippen LogP contribution in [0.3, 0.4) is 0 Å². The number of thiol groups is 1. The van der Waals surface area contributed by atoms with Crippen LogP contribution in [0.5, 0.6) is 0 Å². The smallest absolute Gasteiger partial charge is 0.329 e. The highest BCUT2D eigenvalue weighted by atomic mass is 32.1. The number of nitriles is 1. The lowest BCUT2D eigenvalue weighted by Crippen LogP contribution is -2.18. The number of methoxy groups -OCH3 is 1. The molecule has 0 aliphatic rings. The number of carbonyl (C=O) groups excluding carboxylic acids is 1. The Balaban J connectivity index is 4.25. The molecular weight excluding hydrogens is 170 g/mol. The van der Waals surface area contributed by atoms with E-state index in [2.05, 4.69) is 29.6 Å². The maximum Gasteiger partial charge on any atom is 0.329 e. The number of nitrogens with zero attached hydrogens (tertiary/aromatic N) is 1. The summed E-state index contributed by atoms with van der Waals surface area (Å²) in [6.07, 6.45) is 0. The molecule has 5 heteroatoms. The fraction of sp³-hybridized carbons (Fsp3) is 0.400. The molecule has 0 saturated heterocycles. The zero-order valence-corrected chi connectivity index (χ0v) is 6.91. The number of hydrogen-bond donors (Lipinski definition) is 1. The van der Waals surface area contributed by atoms with Crippen LogP contribution in [0.1, 0.15) is 0 Å². The topological polar surface area (TPSA) is 50.1 Å². The number of rotatable bonds is 2. The fourth-order valence-electron chi connectivity index (χ4n) is 0.327. The molecule has 0 aromatic carbocycles. The summed E-state index contributed by atoms with van der Waals surface area (Å²) in [5, 5.41) is 8.31. The first-order valence-electron chi connectivity index (χ1n) is 2.33. The summed E-state index contributed by atoms with van der Waals surface area (Å²) in [5.74, 6) is -1.69. The molecule has 0 spiro atoms. The summed E-state index contributed by atoms with van der Waals surface area (Å²) in [6.45, 7) is 0. The van der Waals surface area contributed by atoms with Gasteiger partial charge in [-0.3, -0.25) is 4.79 Å². The summed E-state index contributed by atoms with van der Waals surface area (Å²) in [4.78, 5) is 10.6. The summed E-state index contributed by atoms with van der Waals surface area (Å²) in [6, 6.07) is 1.66. The maximum atomic E-state index is 10.6. The molecule has 0 radical (unpaired) electrons. The quantitative estimate of drug-likeness (QED) is 0.378. The van der Waals surface area contributed by atoms with Crippen molar-refractivity contribution in [3.8, 4) is 6.07 Å². The Morgan fingerprint density at radius 1 is 1.90 bits per heavy atom. The van der Waals surface area contributed by atoms with Crippen LogP contribution in [0.15, 0.2) is 0 Å². The van der Waals surface area contributed by atoms with Crippen LogP contribution >= 0.6 is 24.8 Å². The zero-order chi connectivity index (χ0) is 8.15. The van der Waals surface area contributed by atoms with Gasteiger partial charge >= 0.3 is 5.97 Å². The van der Waals surface area contributed by atoms with Crippen molar-refractivity contribution in [2.45, 2.75) is 0 Å². The Morgan fingerprint density at radius 3 is 2.50 bits per heavy atom. The van der Waals surface area contributed by atoms with E-state index >= 15 is 0 Å². The summed E-state index contributed by atoms with van der Waals surface area (Å²) < 4.78 is 4.30. The average Bonchev–Trinajstić information content (AvgIpc) is 1.88. The number of thiocarbonyl (C=S) groups is 1. The number of ether oxygens (including phenoxy) is 1. The van der Waals surface area contributed by atoms with Crippen LogP contribution in [0.25, 0.3) is 0 Å². The first-order valence-corrected chi connectivity index (χ1v) is 3.19. The third-order valence-electron chi connectivity index (χ3n) is 0.813. The van der Waals surface area contributed by atoms with Crippen LogP contribution in [0, 0.1) is 17.2 Å². The molecule has 1 unspecified atom stereocenters. The maximum absolute atomic E-state index is 10.6. The normalized spacial score (nSPS) is 11.3. The fourth-order valence-corrected chi connectivity index (χ4v) is 0.639. The van der Waals surface area contributed by atoms with E-state index in [-0.39, 0.29) is 4.20 Å². The molecule has 0 fully saturated rings. The molecular formula is C5H5NO2S2. The van der Waals surface area contributed by atoms with Crippen molar-refractivity contribution in [3.63, 3.8) is 0 Å². The van der Waals surface area contributed by atoms with Crippen molar-refractivity contribution in [2.24, 2.45) is 5.92 Å². The van der Waals surface area contributed by atoms with Gasteiger partial charge in [-0.2, -0.15) is 5.26 Å². The second-order valence-electron chi connectivity index (χ2n) is 1.42. The molecule has 3 nitrogen and oxygen atoms in total. The Morgan fingerprint density at radius 2 is 2.40 bits per heavy atom. The van der Waals surface area contributed by atoms with Gasteiger partial charge in [-0.15, -0.1) is 12.6 Å². The van der Waals surface area contributed by atoms with Gasteiger partial charge in [0.1, 0.15) is 0 Å². The summed E-state index contributed by atoms with van der Waals surface area (Å²) >= 11 is 8.17. The van der Waals surface area contributed by atoms with Gasteiger partial charge in [-0.1, -0.05) is 12.2 Å². The van der Waals surface area contributed by atoms with Gasteiger partial charge < -0.3 is 4.74 Å². The minimum Gasteiger partial charge on any atom is -0.468 e. The standard InChI is InChI=1S/C5H5NO2S2/c1-8-4(7)3(2-6)5(9)10/h3H,1H3,(H,9,10). The van der Waals surface area contributed by atoms with Gasteiger partial charge in [0.25, 0.3) is 0 Å². The van der Waals surface area contributed by atoms with Crippen molar-refractivity contribution in [2.75, 3.05) is 7.11 Å². The van der Waals surface area contributed by atoms with Crippen LogP contribution in [0.4, 0.5) is 0 Å². The minimum absolute atomic E-state index is 0.0364. The van der Waals surface area contributed by atoms with Gasteiger partial charge in [0, 0.05) is 0 Å². The van der Waals surface area contributed by atoms with Gasteiger partial charge in [0.15, 0.2) is 5.92 Å². The van der Waals surface area contributed by atoms with E-state index in [0.717, 1.165) is 0 Å². The van der Waals surface area contributed by atoms with Crippen LogP contribution in [0.2, 0.25) is 0 Å². The average molecular weight is 175 g/mol. The summed E-state index contributed by atoms with van der Waals surface area (Å²) in [5.41, 5.74) is 0. The molecule has 0 heterocycles. The van der Waals surface area contributed by atoms with Crippen LogP contribution in [-0.4, -0.2) is 17.3 Å². The molecule has 0 rings (SSSR count). The molecule has 0 bridgehead atoms. The van der Waals surface area contributed by atoms with Crippen molar-refractivity contribution in [1.82, 2.24) is 0 Å². The number of hydrogen-bond acceptors (Lipinski definition) is 4. The van der Waals surface area contributed by atoms with Gasteiger partial charge in [0.2, 0.25) is 0 Å². The lowest BCUT2D eigenvalue weighted by Gasteiger charge is -2.01. The van der Waals surface area contributed by atoms with Gasteiger partial charge in [0.05, 0.1) is 17.4 Å². The first kappa shape index (κ1) is 9.40. The van der Waals surface area contributed by atoms with E-state index in [1.54, 1.807) is 6.07 Å². The highest BCUT2D eigenvalue weighted by Crippen LogP contribution is 2.04. The second-order valence-corrected chi connectivity index (χ2v) is 2.65. The number of esters is 1. The lowest BCUT2D eigenvalue weighted by atomic mass is 10.2. The minimum atomic E-state index is -1.02. The summed E-state index contributed by atoms with van der Waals surface area (Å²) in [7, 11) is 1.19. The lowest BCUT2D eigenvalue weighted by molar-refractivity contribution is -0.141. The van der Waals surface area contributed by atoms with Gasteiger partial charge in [-0.05, 0) is 0 Å². The van der Waals surface area contributed by atoms with E-state index in [1.807, 2.05) is 0 Å². The van der Waals surface area contributed by atoms with E-state index in [0.29, 0.717) is 0 Å². The Hall–Kier alpha value is -0.600. The monoisotopic (exact) mass is 175 g/mol. The van der Waals surface area contributed by atoms with E-state index in [4.69, 9.17) is 5.26 Å². The molecule has 0 aliphatic heterocycles. The van der Waals surface area contributed by atoms with Crippen molar-refractivity contribution >= 4 is 35.0 Å². The predicted molar refractivity (Wildman–Crippen MR) is 42.7 cm³/mol. The zero-order valence-electron chi connectivity index (χ0n) is 5.20. The van der Waals surface area contributed by atoms with E-state index in [9.17, 15) is 4.79 Å². The van der Waals surface area contributed by atoms with Crippen molar-refractivity contribution in [1.29, 1.82) is 5.26 Å². The molecule has 0 N–H and O–H groups in total. The first-order chi connectivity index (χ1) is 4.63. The third-order valence-corrected chi connectivity index (χ3v) is 1.31. The van der Waals surface area contributed by atoms with Crippen LogP contribution < -0.4 is 0 Å². The molecule has 0 amide bonds. The Kier molecular flexibility index (Phi) is 4.00. The highest BCUT2D eigenvalue weighted by molar-refractivity contribution is 8.11. The molecule has 0 aliphatic carbocycles. The number of carbonyl (C=O) groups is 1.